The van der Waals surface area contributed by atoms with Crippen LogP contribution in [0.3, 0.4) is 0 Å². The minimum atomic E-state index is -3.64. The number of fused-ring (bicyclic) bond motifs is 1. The molecule has 0 fully saturated rings. The first-order valence-electron chi connectivity index (χ1n) is 12.9. The van der Waals surface area contributed by atoms with Crippen molar-refractivity contribution in [3.05, 3.63) is 52.0 Å². The topological polar surface area (TPSA) is 105 Å². The second kappa shape index (κ2) is 13.6. The lowest BCUT2D eigenvalue weighted by Crippen LogP contribution is -2.50. The number of rotatable bonds is 13. The number of hydrogen-bond acceptors (Lipinski definition) is 6. The summed E-state index contributed by atoms with van der Waals surface area (Å²) in [6.45, 7) is 6.02. The Bertz CT molecular complexity index is 1290. The molecule has 1 aliphatic rings. The molecule has 2 aromatic rings. The van der Waals surface area contributed by atoms with E-state index in [1.165, 1.54) is 9.21 Å². The van der Waals surface area contributed by atoms with Crippen LogP contribution in [0.4, 0.5) is 5.69 Å². The maximum Gasteiger partial charge on any atom is 0.243 e. The minimum Gasteiger partial charge on any atom is -0.454 e. The summed E-state index contributed by atoms with van der Waals surface area (Å²) in [7, 11) is -3.64. The van der Waals surface area contributed by atoms with Crippen molar-refractivity contribution < 1.29 is 27.5 Å². The van der Waals surface area contributed by atoms with Crippen molar-refractivity contribution in [3.63, 3.8) is 0 Å². The first-order chi connectivity index (χ1) is 18.4. The van der Waals surface area contributed by atoms with Crippen molar-refractivity contribution >= 4 is 50.7 Å². The minimum absolute atomic E-state index is 0.0327. The van der Waals surface area contributed by atoms with Gasteiger partial charge in [-0.15, -0.1) is 0 Å². The molecule has 2 aromatic carbocycles. The van der Waals surface area contributed by atoms with E-state index in [1.807, 2.05) is 20.8 Å². The van der Waals surface area contributed by atoms with Crippen LogP contribution in [0.2, 0.25) is 10.0 Å². The number of amides is 2. The third-order valence-corrected chi connectivity index (χ3v) is 8.45. The van der Waals surface area contributed by atoms with E-state index in [2.05, 4.69) is 5.32 Å². The molecule has 2 atom stereocenters. The molecule has 39 heavy (non-hydrogen) atoms. The SMILES string of the molecule is CC[C@@H](C)NC(=O)[C@@H](CC)N(Cc1ccc(Cl)c(Cl)c1)C(=O)CCCN(c1ccc2c(c1)OCO2)S(C)(=O)=O. The molecule has 9 nitrogen and oxygen atoms in total. The smallest absolute Gasteiger partial charge is 0.243 e. The van der Waals surface area contributed by atoms with E-state index < -0.39 is 16.1 Å². The molecule has 0 saturated heterocycles. The van der Waals surface area contributed by atoms with Gasteiger partial charge in [-0.2, -0.15) is 0 Å². The summed E-state index contributed by atoms with van der Waals surface area (Å²) in [5, 5.41) is 3.71. The number of halogens is 2. The van der Waals surface area contributed by atoms with Gasteiger partial charge >= 0.3 is 0 Å². The Balaban J connectivity index is 1.78. The molecular formula is C27H35Cl2N3O6S. The molecule has 12 heteroatoms. The van der Waals surface area contributed by atoms with Crippen molar-refractivity contribution in [1.82, 2.24) is 10.2 Å². The average Bonchev–Trinajstić information content (AvgIpc) is 3.35. The van der Waals surface area contributed by atoms with Crippen molar-refractivity contribution in [1.29, 1.82) is 0 Å². The van der Waals surface area contributed by atoms with E-state index >= 15 is 0 Å². The Morgan fingerprint density at radius 1 is 1.03 bits per heavy atom. The summed E-state index contributed by atoms with van der Waals surface area (Å²) in [5.74, 6) is 0.495. The number of carbonyl (C=O) groups is 2. The van der Waals surface area contributed by atoms with Gasteiger partial charge in [0.2, 0.25) is 28.6 Å². The van der Waals surface area contributed by atoms with Gasteiger partial charge < -0.3 is 19.7 Å². The largest absolute Gasteiger partial charge is 0.454 e. The Morgan fingerprint density at radius 3 is 2.38 bits per heavy atom. The van der Waals surface area contributed by atoms with E-state index in [-0.39, 0.29) is 50.6 Å². The van der Waals surface area contributed by atoms with Gasteiger partial charge in [0, 0.05) is 31.6 Å². The number of benzene rings is 2. The van der Waals surface area contributed by atoms with E-state index in [9.17, 15) is 18.0 Å². The van der Waals surface area contributed by atoms with Gasteiger partial charge in [0.25, 0.3) is 0 Å². The van der Waals surface area contributed by atoms with Crippen LogP contribution in [-0.2, 0) is 26.2 Å². The fourth-order valence-electron chi connectivity index (χ4n) is 4.24. The van der Waals surface area contributed by atoms with Crippen LogP contribution < -0.4 is 19.1 Å². The van der Waals surface area contributed by atoms with Gasteiger partial charge in [0.05, 0.1) is 22.0 Å². The average molecular weight is 601 g/mol. The molecule has 0 spiro atoms. The first kappa shape index (κ1) is 30.8. The summed E-state index contributed by atoms with van der Waals surface area (Å²) < 4.78 is 37.1. The Kier molecular flexibility index (Phi) is 10.7. The van der Waals surface area contributed by atoms with Gasteiger partial charge in [-0.3, -0.25) is 13.9 Å². The Labute approximate surface area is 240 Å². The highest BCUT2D eigenvalue weighted by Gasteiger charge is 2.30. The molecule has 0 radical (unpaired) electrons. The van der Waals surface area contributed by atoms with E-state index in [0.717, 1.165) is 18.2 Å². The molecule has 1 aliphatic heterocycles. The molecule has 3 rings (SSSR count). The van der Waals surface area contributed by atoms with Crippen molar-refractivity contribution in [2.24, 2.45) is 0 Å². The lowest BCUT2D eigenvalue weighted by atomic mass is 10.1. The zero-order valence-electron chi connectivity index (χ0n) is 22.6. The molecule has 1 N–H and O–H groups in total. The lowest BCUT2D eigenvalue weighted by molar-refractivity contribution is -0.141. The normalized spacial score (nSPS) is 14.0. The summed E-state index contributed by atoms with van der Waals surface area (Å²) in [5.41, 5.74) is 1.15. The maximum absolute atomic E-state index is 13.6. The summed E-state index contributed by atoms with van der Waals surface area (Å²) in [6.07, 6.45) is 2.54. The van der Waals surface area contributed by atoms with Gasteiger partial charge in [0.1, 0.15) is 6.04 Å². The van der Waals surface area contributed by atoms with E-state index in [1.54, 1.807) is 36.4 Å². The Morgan fingerprint density at radius 2 is 1.74 bits per heavy atom. The second-order valence-corrected chi connectivity index (χ2v) is 12.2. The molecule has 0 saturated carbocycles. The molecule has 214 valence electrons. The van der Waals surface area contributed by atoms with E-state index in [0.29, 0.717) is 33.7 Å². The molecular weight excluding hydrogens is 565 g/mol. The highest BCUT2D eigenvalue weighted by atomic mass is 35.5. The second-order valence-electron chi connectivity index (χ2n) is 9.49. The fourth-order valence-corrected chi connectivity index (χ4v) is 5.52. The Hall–Kier alpha value is -2.69. The van der Waals surface area contributed by atoms with Crippen LogP contribution in [0.5, 0.6) is 11.5 Å². The predicted octanol–water partition coefficient (Wildman–Crippen LogP) is 4.99. The van der Waals surface area contributed by atoms with Crippen LogP contribution >= 0.6 is 23.2 Å². The van der Waals surface area contributed by atoms with Crippen LogP contribution in [0, 0.1) is 0 Å². The fraction of sp³-hybridized carbons (Fsp3) is 0.481. The zero-order valence-corrected chi connectivity index (χ0v) is 24.9. The van der Waals surface area contributed by atoms with Gasteiger partial charge in [-0.05, 0) is 56.0 Å². The van der Waals surface area contributed by atoms with Crippen molar-refractivity contribution in [3.8, 4) is 11.5 Å². The number of sulfonamides is 1. The molecule has 0 aliphatic carbocycles. The summed E-state index contributed by atoms with van der Waals surface area (Å²) in [6, 6.07) is 9.24. The number of nitrogens with zero attached hydrogens (tertiary/aromatic N) is 2. The third-order valence-electron chi connectivity index (χ3n) is 6.52. The molecule has 0 unspecified atom stereocenters. The summed E-state index contributed by atoms with van der Waals surface area (Å²) in [4.78, 5) is 28.2. The maximum atomic E-state index is 13.6. The number of anilines is 1. The highest BCUT2D eigenvalue weighted by molar-refractivity contribution is 7.92. The van der Waals surface area contributed by atoms with Crippen molar-refractivity contribution in [2.75, 3.05) is 23.9 Å². The van der Waals surface area contributed by atoms with Gasteiger partial charge in [-0.25, -0.2) is 8.42 Å². The first-order valence-corrected chi connectivity index (χ1v) is 15.5. The summed E-state index contributed by atoms with van der Waals surface area (Å²) >= 11 is 12.3. The third kappa shape index (κ3) is 8.16. The van der Waals surface area contributed by atoms with E-state index in [4.69, 9.17) is 32.7 Å². The monoisotopic (exact) mass is 599 g/mol. The molecule has 0 aromatic heterocycles. The number of carbonyl (C=O) groups excluding carboxylic acids is 2. The van der Waals surface area contributed by atoms with Gasteiger partial charge in [-0.1, -0.05) is 43.1 Å². The van der Waals surface area contributed by atoms with Crippen molar-refractivity contribution in [2.45, 2.75) is 65.1 Å². The number of ether oxygens (including phenoxy) is 2. The van der Waals surface area contributed by atoms with Crippen LogP contribution in [0.15, 0.2) is 36.4 Å². The van der Waals surface area contributed by atoms with Crippen LogP contribution in [0.25, 0.3) is 0 Å². The lowest BCUT2D eigenvalue weighted by Gasteiger charge is -2.32. The van der Waals surface area contributed by atoms with Crippen LogP contribution in [0.1, 0.15) is 52.0 Å². The van der Waals surface area contributed by atoms with Crippen LogP contribution in [-0.4, -0.2) is 56.8 Å². The highest BCUT2D eigenvalue weighted by Crippen LogP contribution is 2.36. The molecule has 0 bridgehead atoms. The quantitative estimate of drug-likeness (QED) is 0.348. The zero-order chi connectivity index (χ0) is 28.7. The number of nitrogens with one attached hydrogen (secondary N) is 1. The van der Waals surface area contributed by atoms with Gasteiger partial charge in [0.15, 0.2) is 11.5 Å². The molecule has 2 amide bonds. The molecule has 1 heterocycles. The predicted molar refractivity (Wildman–Crippen MR) is 153 cm³/mol. The standard InChI is InChI=1S/C27H35Cl2N3O6S/c1-5-18(3)30-27(34)23(6-2)31(16-19-9-11-21(28)22(29)14-19)26(33)8-7-13-32(39(4,35)36)20-10-12-24-25(15-20)38-17-37-24/h9-12,14-15,18,23H,5-8,13,16-17H2,1-4H3,(H,30,34)/t18-,23-/m1/s1. The number of hydrogen-bond donors (Lipinski definition) is 1.